The molecule has 6 nitrogen and oxygen atoms in total. The van der Waals surface area contributed by atoms with Crippen LogP contribution in [0.5, 0.6) is 0 Å². The summed E-state index contributed by atoms with van der Waals surface area (Å²) in [6.45, 7) is 2.20. The molecule has 1 aliphatic rings. The smallest absolute Gasteiger partial charge is 0.228 e. The maximum atomic E-state index is 12.7. The number of benzene rings is 1. The molecule has 3 heterocycles. The number of nitrogens with zero attached hydrogens (tertiary/aromatic N) is 4. The molecule has 1 fully saturated rings. The highest BCUT2D eigenvalue weighted by Gasteiger charge is 2.24. The number of hydrogen-bond donors (Lipinski definition) is 0. The van der Waals surface area contributed by atoms with E-state index < -0.39 is 0 Å². The SMILES string of the molecule is O=C(Cc1ccc(Cl)cc1)N1CCN(C(=O)Cc2csc(-c3cccnc3)n2)CC1. The lowest BCUT2D eigenvalue weighted by molar-refractivity contribution is -0.138. The van der Waals surface area contributed by atoms with E-state index in [0.29, 0.717) is 37.6 Å². The van der Waals surface area contributed by atoms with Gasteiger partial charge >= 0.3 is 0 Å². The van der Waals surface area contributed by atoms with Gasteiger partial charge in [-0.05, 0) is 29.8 Å². The maximum absolute atomic E-state index is 12.7. The number of aromatic nitrogens is 2. The molecule has 1 aromatic carbocycles. The monoisotopic (exact) mass is 440 g/mol. The molecule has 0 spiro atoms. The topological polar surface area (TPSA) is 66.4 Å². The van der Waals surface area contributed by atoms with E-state index >= 15 is 0 Å². The Hall–Kier alpha value is -2.77. The van der Waals surface area contributed by atoms with Crippen LogP contribution in [0.25, 0.3) is 10.6 Å². The number of thiazole rings is 1. The van der Waals surface area contributed by atoms with Gasteiger partial charge in [-0.25, -0.2) is 4.98 Å². The molecule has 8 heteroatoms. The van der Waals surface area contributed by atoms with Crippen molar-refractivity contribution >= 4 is 34.8 Å². The molecule has 4 rings (SSSR count). The van der Waals surface area contributed by atoms with E-state index in [-0.39, 0.29) is 18.2 Å². The van der Waals surface area contributed by atoms with Crippen molar-refractivity contribution in [3.8, 4) is 10.6 Å². The third-order valence-electron chi connectivity index (χ3n) is 5.05. The maximum Gasteiger partial charge on any atom is 0.228 e. The molecule has 0 radical (unpaired) electrons. The quantitative estimate of drug-likeness (QED) is 0.610. The van der Waals surface area contributed by atoms with Gasteiger partial charge in [0.2, 0.25) is 11.8 Å². The summed E-state index contributed by atoms with van der Waals surface area (Å²) in [7, 11) is 0. The third-order valence-corrected chi connectivity index (χ3v) is 6.24. The lowest BCUT2D eigenvalue weighted by atomic mass is 10.1. The van der Waals surface area contributed by atoms with Crippen molar-refractivity contribution in [2.45, 2.75) is 12.8 Å². The zero-order valence-corrected chi connectivity index (χ0v) is 17.9. The second-order valence-corrected chi connectivity index (χ2v) is 8.42. The van der Waals surface area contributed by atoms with Gasteiger partial charge in [-0.2, -0.15) is 0 Å². The zero-order chi connectivity index (χ0) is 20.9. The van der Waals surface area contributed by atoms with Gasteiger partial charge in [0.15, 0.2) is 0 Å². The molecule has 2 aromatic heterocycles. The van der Waals surface area contributed by atoms with Gasteiger partial charge in [-0.15, -0.1) is 11.3 Å². The number of halogens is 1. The Balaban J connectivity index is 1.27. The minimum atomic E-state index is 0.0443. The van der Waals surface area contributed by atoms with E-state index in [2.05, 4.69) is 9.97 Å². The predicted molar refractivity (Wildman–Crippen MR) is 117 cm³/mol. The molecule has 0 saturated carbocycles. The molecule has 1 aliphatic heterocycles. The molecule has 3 aromatic rings. The summed E-state index contributed by atoms with van der Waals surface area (Å²) in [4.78, 5) is 37.5. The van der Waals surface area contributed by atoms with Crippen molar-refractivity contribution in [3.63, 3.8) is 0 Å². The fourth-order valence-corrected chi connectivity index (χ4v) is 4.31. The van der Waals surface area contributed by atoms with Crippen LogP contribution >= 0.6 is 22.9 Å². The van der Waals surface area contributed by atoms with Crippen molar-refractivity contribution in [1.82, 2.24) is 19.8 Å². The summed E-state index contributed by atoms with van der Waals surface area (Å²) in [6, 6.07) is 11.1. The number of hydrogen-bond acceptors (Lipinski definition) is 5. The number of amides is 2. The van der Waals surface area contributed by atoms with Crippen molar-refractivity contribution in [1.29, 1.82) is 0 Å². The van der Waals surface area contributed by atoms with Crippen LogP contribution < -0.4 is 0 Å². The average Bonchev–Trinajstić information content (AvgIpc) is 3.24. The average molecular weight is 441 g/mol. The van der Waals surface area contributed by atoms with Crippen LogP contribution in [0.4, 0.5) is 0 Å². The molecule has 0 atom stereocenters. The van der Waals surface area contributed by atoms with Gasteiger partial charge in [-0.1, -0.05) is 23.7 Å². The highest BCUT2D eigenvalue weighted by molar-refractivity contribution is 7.13. The first-order valence-corrected chi connectivity index (χ1v) is 11.0. The molecule has 0 bridgehead atoms. The van der Waals surface area contributed by atoms with E-state index in [4.69, 9.17) is 11.6 Å². The van der Waals surface area contributed by atoms with E-state index in [1.165, 1.54) is 11.3 Å². The summed E-state index contributed by atoms with van der Waals surface area (Å²) in [5.41, 5.74) is 2.66. The largest absolute Gasteiger partial charge is 0.339 e. The fourth-order valence-electron chi connectivity index (χ4n) is 3.37. The summed E-state index contributed by atoms with van der Waals surface area (Å²) >= 11 is 7.41. The first-order chi connectivity index (χ1) is 14.6. The molecule has 30 heavy (non-hydrogen) atoms. The summed E-state index contributed by atoms with van der Waals surface area (Å²) in [5.74, 6) is 0.118. The van der Waals surface area contributed by atoms with E-state index in [9.17, 15) is 9.59 Å². The summed E-state index contributed by atoms with van der Waals surface area (Å²) < 4.78 is 0. The van der Waals surface area contributed by atoms with Crippen LogP contribution in [0.15, 0.2) is 54.2 Å². The van der Waals surface area contributed by atoms with Gasteiger partial charge in [-0.3, -0.25) is 14.6 Å². The van der Waals surface area contributed by atoms with Crippen LogP contribution in [0.2, 0.25) is 5.02 Å². The standard InChI is InChI=1S/C22H21ClN4O2S/c23-18-5-3-16(4-6-18)12-20(28)26-8-10-27(11-9-26)21(29)13-19-15-30-22(25-19)17-2-1-7-24-14-17/h1-7,14-15H,8-13H2. The van der Waals surface area contributed by atoms with Gasteiger partial charge in [0.1, 0.15) is 5.01 Å². The molecular weight excluding hydrogens is 420 g/mol. The molecule has 0 aliphatic carbocycles. The molecular formula is C22H21ClN4O2S. The number of rotatable bonds is 5. The minimum absolute atomic E-state index is 0.0443. The summed E-state index contributed by atoms with van der Waals surface area (Å²) in [6.07, 6.45) is 4.11. The summed E-state index contributed by atoms with van der Waals surface area (Å²) in [5, 5.41) is 3.45. The molecule has 1 saturated heterocycles. The lowest BCUT2D eigenvalue weighted by Gasteiger charge is -2.34. The Morgan fingerprint density at radius 2 is 1.63 bits per heavy atom. The normalized spacial score (nSPS) is 14.0. The Kier molecular flexibility index (Phi) is 6.40. The fraction of sp³-hybridized carbons (Fsp3) is 0.273. The molecule has 0 unspecified atom stereocenters. The number of pyridine rings is 1. The van der Waals surface area contributed by atoms with E-state index in [0.717, 1.165) is 21.8 Å². The van der Waals surface area contributed by atoms with Crippen LogP contribution in [0.1, 0.15) is 11.3 Å². The Labute approximate surface area is 184 Å². The Bertz CT molecular complexity index is 1020. The van der Waals surface area contributed by atoms with Crippen LogP contribution in [-0.2, 0) is 22.4 Å². The highest BCUT2D eigenvalue weighted by Crippen LogP contribution is 2.23. The molecule has 154 valence electrons. The van der Waals surface area contributed by atoms with Gasteiger partial charge in [0.05, 0.1) is 18.5 Å². The van der Waals surface area contributed by atoms with Crippen molar-refractivity contribution in [2.24, 2.45) is 0 Å². The van der Waals surface area contributed by atoms with Crippen molar-refractivity contribution in [3.05, 3.63) is 70.5 Å². The van der Waals surface area contributed by atoms with Crippen molar-refractivity contribution < 1.29 is 9.59 Å². The molecule has 2 amide bonds. The number of carbonyl (C=O) groups excluding carboxylic acids is 2. The second-order valence-electron chi connectivity index (χ2n) is 7.13. The molecule has 0 N–H and O–H groups in total. The third kappa shape index (κ3) is 5.04. The number of carbonyl (C=O) groups is 2. The Morgan fingerprint density at radius 1 is 0.967 bits per heavy atom. The van der Waals surface area contributed by atoms with Crippen molar-refractivity contribution in [2.75, 3.05) is 26.2 Å². The lowest BCUT2D eigenvalue weighted by Crippen LogP contribution is -2.51. The van der Waals surface area contributed by atoms with E-state index in [1.54, 1.807) is 24.5 Å². The minimum Gasteiger partial charge on any atom is -0.339 e. The first-order valence-electron chi connectivity index (χ1n) is 9.73. The van der Waals surface area contributed by atoms with Crippen LogP contribution in [0.3, 0.4) is 0 Å². The van der Waals surface area contributed by atoms with E-state index in [1.807, 2.05) is 39.4 Å². The van der Waals surface area contributed by atoms with Gasteiger partial charge in [0, 0.05) is 54.5 Å². The zero-order valence-electron chi connectivity index (χ0n) is 16.3. The van der Waals surface area contributed by atoms with Gasteiger partial charge in [0.25, 0.3) is 0 Å². The highest BCUT2D eigenvalue weighted by atomic mass is 35.5. The van der Waals surface area contributed by atoms with Crippen LogP contribution in [0, 0.1) is 0 Å². The first kappa shape index (κ1) is 20.5. The Morgan fingerprint density at radius 3 is 2.27 bits per heavy atom. The predicted octanol–water partition coefficient (Wildman–Crippen LogP) is 3.31. The van der Waals surface area contributed by atoms with Crippen LogP contribution in [-0.4, -0.2) is 57.8 Å². The van der Waals surface area contributed by atoms with Gasteiger partial charge < -0.3 is 9.80 Å². The number of piperazine rings is 1. The second kappa shape index (κ2) is 9.36.